The van der Waals surface area contributed by atoms with Crippen LogP contribution in [0.25, 0.3) is 10.9 Å². The zero-order valence-corrected chi connectivity index (χ0v) is 19.9. The number of likely N-dealkylation sites (tertiary alicyclic amines) is 1. The number of piperidine rings is 1. The van der Waals surface area contributed by atoms with Gasteiger partial charge in [-0.15, -0.1) is 0 Å². The Kier molecular flexibility index (Phi) is 5.15. The molecule has 1 saturated heterocycles. The molecule has 3 aromatic carbocycles. The number of non-ortho nitro benzene ring substituents is 1. The van der Waals surface area contributed by atoms with Gasteiger partial charge in [0.05, 0.1) is 4.92 Å². The molecule has 1 aliphatic carbocycles. The topological polar surface area (TPSA) is 71.5 Å². The SMILES string of the molecule is Cn1c2c(c3cc([N+](=O)[O-])ccc31)CC1CN(Cc3ccccc3)CCC1(c1cccc(O)c1)C2. The minimum absolute atomic E-state index is 0.0764. The molecule has 178 valence electrons. The van der Waals surface area contributed by atoms with Crippen LogP contribution < -0.4 is 0 Å². The van der Waals surface area contributed by atoms with Gasteiger partial charge in [0.1, 0.15) is 5.75 Å². The van der Waals surface area contributed by atoms with Crippen LogP contribution in [0, 0.1) is 16.0 Å². The molecule has 2 atom stereocenters. The predicted molar refractivity (Wildman–Crippen MR) is 137 cm³/mol. The summed E-state index contributed by atoms with van der Waals surface area (Å²) < 4.78 is 2.23. The number of benzene rings is 3. The first kappa shape index (κ1) is 21.9. The van der Waals surface area contributed by atoms with Gasteiger partial charge in [0, 0.05) is 54.3 Å². The molecule has 2 unspecified atom stereocenters. The fraction of sp³-hybridized carbons (Fsp3) is 0.310. The maximum Gasteiger partial charge on any atom is 0.270 e. The number of rotatable bonds is 4. The van der Waals surface area contributed by atoms with Crippen molar-refractivity contribution in [1.29, 1.82) is 0 Å². The summed E-state index contributed by atoms with van der Waals surface area (Å²) in [5, 5.41) is 22.8. The highest BCUT2D eigenvalue weighted by Gasteiger charge is 2.48. The maximum absolute atomic E-state index is 11.5. The number of phenolic OH excluding ortho intramolecular Hbond substituents is 1. The van der Waals surface area contributed by atoms with Gasteiger partial charge in [0.2, 0.25) is 0 Å². The zero-order chi connectivity index (χ0) is 24.2. The molecule has 2 heterocycles. The molecule has 4 aromatic rings. The van der Waals surface area contributed by atoms with E-state index in [1.54, 1.807) is 18.2 Å². The van der Waals surface area contributed by atoms with Gasteiger partial charge in [0.15, 0.2) is 0 Å². The number of aromatic nitrogens is 1. The number of hydrogen-bond acceptors (Lipinski definition) is 4. The Bertz CT molecular complexity index is 1430. The van der Waals surface area contributed by atoms with E-state index >= 15 is 0 Å². The molecule has 6 heteroatoms. The van der Waals surface area contributed by atoms with E-state index in [0.717, 1.165) is 49.8 Å². The first-order valence-electron chi connectivity index (χ1n) is 12.2. The van der Waals surface area contributed by atoms with Crippen LogP contribution in [0.3, 0.4) is 0 Å². The molecule has 1 fully saturated rings. The van der Waals surface area contributed by atoms with Crippen molar-refractivity contribution in [3.8, 4) is 5.75 Å². The first-order chi connectivity index (χ1) is 16.9. The van der Waals surface area contributed by atoms with Crippen molar-refractivity contribution in [2.24, 2.45) is 13.0 Å². The van der Waals surface area contributed by atoms with Crippen molar-refractivity contribution in [3.05, 3.63) is 105 Å². The molecule has 0 radical (unpaired) electrons. The molecule has 1 N–H and O–H groups in total. The average molecular weight is 468 g/mol. The molecule has 0 saturated carbocycles. The molecule has 1 aliphatic heterocycles. The highest BCUT2D eigenvalue weighted by molar-refractivity contribution is 5.88. The second-order valence-corrected chi connectivity index (χ2v) is 10.2. The van der Waals surface area contributed by atoms with E-state index in [-0.39, 0.29) is 16.0 Å². The van der Waals surface area contributed by atoms with Gasteiger partial charge < -0.3 is 9.67 Å². The lowest BCUT2D eigenvalue weighted by atomic mass is 9.58. The van der Waals surface area contributed by atoms with E-state index in [0.29, 0.717) is 11.7 Å². The maximum atomic E-state index is 11.5. The number of aromatic hydroxyl groups is 1. The van der Waals surface area contributed by atoms with Gasteiger partial charge in [-0.3, -0.25) is 15.0 Å². The smallest absolute Gasteiger partial charge is 0.270 e. The molecule has 0 amide bonds. The first-order valence-corrected chi connectivity index (χ1v) is 12.2. The Morgan fingerprint density at radius 1 is 1.09 bits per heavy atom. The Morgan fingerprint density at radius 3 is 2.69 bits per heavy atom. The van der Waals surface area contributed by atoms with Crippen molar-refractivity contribution in [3.63, 3.8) is 0 Å². The molecule has 0 spiro atoms. The van der Waals surface area contributed by atoms with Gasteiger partial charge in [0.25, 0.3) is 5.69 Å². The van der Waals surface area contributed by atoms with Crippen LogP contribution in [-0.2, 0) is 31.8 Å². The van der Waals surface area contributed by atoms with Gasteiger partial charge in [-0.05, 0) is 66.6 Å². The quantitative estimate of drug-likeness (QED) is 0.324. The monoisotopic (exact) mass is 467 g/mol. The van der Waals surface area contributed by atoms with Crippen LogP contribution in [0.2, 0.25) is 0 Å². The Labute approximate surface area is 204 Å². The number of nitrogens with zero attached hydrogens (tertiary/aromatic N) is 3. The van der Waals surface area contributed by atoms with Gasteiger partial charge in [-0.25, -0.2) is 0 Å². The van der Waals surface area contributed by atoms with Crippen LogP contribution in [0.4, 0.5) is 5.69 Å². The molecule has 1 aromatic heterocycles. The molecular formula is C29H29N3O3. The van der Waals surface area contributed by atoms with Crippen LogP contribution >= 0.6 is 0 Å². The van der Waals surface area contributed by atoms with Gasteiger partial charge in [-0.1, -0.05) is 42.5 Å². The summed E-state index contributed by atoms with van der Waals surface area (Å²) in [7, 11) is 2.08. The Balaban J connectivity index is 1.45. The predicted octanol–water partition coefficient (Wildman–Crippen LogP) is 5.35. The normalized spacial score (nSPS) is 22.0. The van der Waals surface area contributed by atoms with Crippen LogP contribution in [0.5, 0.6) is 5.75 Å². The molecule has 6 rings (SSSR count). The van der Waals surface area contributed by atoms with Crippen molar-refractivity contribution in [2.75, 3.05) is 13.1 Å². The number of aryl methyl sites for hydroxylation is 1. The number of hydrogen-bond donors (Lipinski definition) is 1. The van der Waals surface area contributed by atoms with Crippen LogP contribution in [0.1, 0.15) is 28.8 Å². The lowest BCUT2D eigenvalue weighted by Crippen LogP contribution is -2.53. The largest absolute Gasteiger partial charge is 0.508 e. The van der Waals surface area contributed by atoms with Gasteiger partial charge in [-0.2, -0.15) is 0 Å². The molecule has 2 aliphatic rings. The zero-order valence-electron chi connectivity index (χ0n) is 19.9. The van der Waals surface area contributed by atoms with E-state index in [4.69, 9.17) is 0 Å². The summed E-state index contributed by atoms with van der Waals surface area (Å²) in [5.41, 5.74) is 6.13. The fourth-order valence-electron chi connectivity index (χ4n) is 6.59. The Morgan fingerprint density at radius 2 is 1.91 bits per heavy atom. The molecule has 0 bridgehead atoms. The molecule has 35 heavy (non-hydrogen) atoms. The lowest BCUT2D eigenvalue weighted by Gasteiger charge is -2.51. The third kappa shape index (κ3) is 3.60. The van der Waals surface area contributed by atoms with E-state index in [2.05, 4.69) is 52.9 Å². The molecular weight excluding hydrogens is 438 g/mol. The summed E-state index contributed by atoms with van der Waals surface area (Å²) in [6.45, 7) is 2.86. The number of nitro benzene ring substituents is 1. The molecule has 6 nitrogen and oxygen atoms in total. The lowest BCUT2D eigenvalue weighted by molar-refractivity contribution is -0.384. The third-order valence-corrected chi connectivity index (χ3v) is 8.37. The Hall–Kier alpha value is -3.64. The van der Waals surface area contributed by atoms with Crippen molar-refractivity contribution in [2.45, 2.75) is 31.2 Å². The van der Waals surface area contributed by atoms with Crippen molar-refractivity contribution in [1.82, 2.24) is 9.47 Å². The highest BCUT2D eigenvalue weighted by Crippen LogP contribution is 2.50. The van der Waals surface area contributed by atoms with Gasteiger partial charge >= 0.3 is 0 Å². The standard InChI is InChI=1S/C29H29N3O3/c1-30-27-11-10-23(32(34)35)16-26(27)25-15-22-19-31(18-20-6-3-2-4-7-20)13-12-29(22,17-28(25)30)21-8-5-9-24(33)14-21/h2-11,14,16,22,33H,12-13,15,17-19H2,1H3. The minimum atomic E-state index is -0.305. The van der Waals surface area contributed by atoms with Crippen LogP contribution in [-0.4, -0.2) is 32.6 Å². The number of nitro groups is 1. The number of phenols is 1. The second kappa shape index (κ2) is 8.24. The fourth-order valence-corrected chi connectivity index (χ4v) is 6.59. The summed E-state index contributed by atoms with van der Waals surface area (Å²) >= 11 is 0. The summed E-state index contributed by atoms with van der Waals surface area (Å²) in [6.07, 6.45) is 2.75. The summed E-state index contributed by atoms with van der Waals surface area (Å²) in [6, 6.07) is 23.6. The average Bonchev–Trinajstić information content (AvgIpc) is 3.13. The van der Waals surface area contributed by atoms with E-state index in [1.807, 2.05) is 18.2 Å². The van der Waals surface area contributed by atoms with Crippen molar-refractivity contribution < 1.29 is 10.0 Å². The van der Waals surface area contributed by atoms with Crippen molar-refractivity contribution >= 4 is 16.6 Å². The highest BCUT2D eigenvalue weighted by atomic mass is 16.6. The van der Waals surface area contributed by atoms with Crippen LogP contribution in [0.15, 0.2) is 72.8 Å². The van der Waals surface area contributed by atoms with E-state index in [9.17, 15) is 15.2 Å². The number of fused-ring (bicyclic) bond motifs is 4. The summed E-state index contributed by atoms with van der Waals surface area (Å²) in [5.74, 6) is 0.653. The van der Waals surface area contributed by atoms with E-state index < -0.39 is 0 Å². The minimum Gasteiger partial charge on any atom is -0.508 e. The second-order valence-electron chi connectivity index (χ2n) is 10.2. The summed E-state index contributed by atoms with van der Waals surface area (Å²) in [4.78, 5) is 13.7. The van der Waals surface area contributed by atoms with E-state index in [1.165, 1.54) is 22.4 Å². The third-order valence-electron chi connectivity index (χ3n) is 8.37.